The van der Waals surface area contributed by atoms with Gasteiger partial charge < -0.3 is 14.8 Å². The van der Waals surface area contributed by atoms with Gasteiger partial charge in [-0.15, -0.1) is 0 Å². The van der Waals surface area contributed by atoms with Crippen molar-refractivity contribution >= 4 is 22.6 Å². The lowest BCUT2D eigenvalue weighted by molar-refractivity contribution is -0.134. The van der Waals surface area contributed by atoms with E-state index < -0.39 is 0 Å². The number of pyridine rings is 1. The number of carbonyl (C=O) groups excluding carboxylic acids is 1. The van der Waals surface area contributed by atoms with Crippen LogP contribution in [0.1, 0.15) is 26.2 Å². The average molecular weight is 312 g/mol. The Balaban J connectivity index is 1.59. The maximum absolute atomic E-state index is 12.4. The first-order valence-corrected chi connectivity index (χ1v) is 8.59. The first-order valence-electron chi connectivity index (χ1n) is 8.59. The minimum atomic E-state index is 0.312. The third-order valence-corrected chi connectivity index (χ3v) is 5.47. The van der Waals surface area contributed by atoms with Crippen molar-refractivity contribution in [2.75, 3.05) is 25.0 Å². The molecular weight excluding hydrogens is 288 g/mol. The second kappa shape index (κ2) is 5.55. The van der Waals surface area contributed by atoms with E-state index in [0.29, 0.717) is 23.8 Å². The molecule has 0 bridgehead atoms. The zero-order chi connectivity index (χ0) is 16.0. The van der Waals surface area contributed by atoms with E-state index in [-0.39, 0.29) is 0 Å². The summed E-state index contributed by atoms with van der Waals surface area (Å²) in [7, 11) is 2.15. The molecule has 0 radical (unpaired) electrons. The van der Waals surface area contributed by atoms with Gasteiger partial charge in [-0.2, -0.15) is 0 Å². The molecule has 1 aliphatic carbocycles. The highest BCUT2D eigenvalue weighted by Crippen LogP contribution is 2.34. The van der Waals surface area contributed by atoms with Gasteiger partial charge in [-0.25, -0.2) is 4.98 Å². The van der Waals surface area contributed by atoms with Crippen molar-refractivity contribution < 1.29 is 4.79 Å². The number of fused-ring (bicyclic) bond motifs is 1. The molecule has 122 valence electrons. The van der Waals surface area contributed by atoms with Crippen molar-refractivity contribution in [3.63, 3.8) is 0 Å². The van der Waals surface area contributed by atoms with E-state index in [4.69, 9.17) is 0 Å². The summed E-state index contributed by atoms with van der Waals surface area (Å²) in [5, 5.41) is 1.15. The van der Waals surface area contributed by atoms with Gasteiger partial charge in [-0.1, -0.05) is 6.92 Å². The molecule has 2 aromatic rings. The molecule has 2 aromatic heterocycles. The molecule has 4 rings (SSSR count). The number of aromatic nitrogens is 2. The van der Waals surface area contributed by atoms with Crippen LogP contribution in [0.3, 0.4) is 0 Å². The predicted octanol–water partition coefficient (Wildman–Crippen LogP) is 2.65. The highest BCUT2D eigenvalue weighted by Gasteiger charge is 2.38. The van der Waals surface area contributed by atoms with Crippen LogP contribution in [0, 0.1) is 11.8 Å². The summed E-state index contributed by atoms with van der Waals surface area (Å²) in [6.07, 6.45) is 7.03. The quantitative estimate of drug-likeness (QED) is 0.948. The third kappa shape index (κ3) is 2.58. The van der Waals surface area contributed by atoms with Crippen LogP contribution in [0.5, 0.6) is 0 Å². The molecule has 1 aliphatic heterocycles. The molecule has 3 heterocycles. The lowest BCUT2D eigenvalue weighted by Gasteiger charge is -2.42. The number of piperidine rings is 1. The summed E-state index contributed by atoms with van der Waals surface area (Å²) >= 11 is 0. The van der Waals surface area contributed by atoms with Gasteiger partial charge in [0.05, 0.1) is 0 Å². The van der Waals surface area contributed by atoms with Crippen LogP contribution in [0.25, 0.3) is 11.0 Å². The van der Waals surface area contributed by atoms with Crippen molar-refractivity contribution in [3.05, 3.63) is 24.5 Å². The molecule has 1 unspecified atom stereocenters. The van der Waals surface area contributed by atoms with E-state index in [0.717, 1.165) is 43.4 Å². The normalized spacial score (nSPS) is 24.9. The Morgan fingerprint density at radius 2 is 2.17 bits per heavy atom. The molecule has 1 N–H and O–H groups in total. The van der Waals surface area contributed by atoms with Gasteiger partial charge in [0.2, 0.25) is 5.91 Å². The zero-order valence-corrected chi connectivity index (χ0v) is 13.8. The molecule has 1 amide bonds. The second-order valence-corrected chi connectivity index (χ2v) is 7.07. The number of H-pyrrole nitrogens is 1. The Hall–Kier alpha value is -2.04. The van der Waals surface area contributed by atoms with E-state index in [1.807, 2.05) is 12.4 Å². The molecular formula is C18H24N4O. The van der Waals surface area contributed by atoms with Gasteiger partial charge in [0.1, 0.15) is 5.65 Å². The number of likely N-dealkylation sites (tertiary alicyclic amines) is 1. The smallest absolute Gasteiger partial charge is 0.225 e. The van der Waals surface area contributed by atoms with Crippen LogP contribution in [0.15, 0.2) is 24.5 Å². The summed E-state index contributed by atoms with van der Waals surface area (Å²) in [6.45, 7) is 4.05. The van der Waals surface area contributed by atoms with Crippen molar-refractivity contribution in [1.82, 2.24) is 14.9 Å². The van der Waals surface area contributed by atoms with Crippen molar-refractivity contribution in [2.24, 2.45) is 11.8 Å². The maximum Gasteiger partial charge on any atom is 0.225 e. The van der Waals surface area contributed by atoms with Gasteiger partial charge in [0.25, 0.3) is 0 Å². The Labute approximate surface area is 136 Å². The second-order valence-electron chi connectivity index (χ2n) is 7.07. The Bertz CT molecular complexity index is 721. The molecule has 2 fully saturated rings. The van der Waals surface area contributed by atoms with Crippen LogP contribution >= 0.6 is 0 Å². The van der Waals surface area contributed by atoms with Gasteiger partial charge in [-0.05, 0) is 37.3 Å². The summed E-state index contributed by atoms with van der Waals surface area (Å²) in [5.74, 6) is 1.26. The Morgan fingerprint density at radius 1 is 1.35 bits per heavy atom. The van der Waals surface area contributed by atoms with Crippen LogP contribution in [0.4, 0.5) is 5.69 Å². The van der Waals surface area contributed by atoms with Crippen LogP contribution in [0.2, 0.25) is 0 Å². The number of aromatic amines is 1. The lowest BCUT2D eigenvalue weighted by atomic mass is 9.91. The summed E-state index contributed by atoms with van der Waals surface area (Å²) in [5.41, 5.74) is 2.11. The number of anilines is 1. The SMILES string of the molecule is C[C@@H]1CCN(C(=O)C2CC2)CC1N(C)c1ccnc2[nH]ccc12. The molecule has 0 aromatic carbocycles. The number of carbonyl (C=O) groups is 1. The molecule has 23 heavy (non-hydrogen) atoms. The van der Waals surface area contributed by atoms with Crippen molar-refractivity contribution in [1.29, 1.82) is 0 Å². The number of hydrogen-bond acceptors (Lipinski definition) is 3. The number of rotatable bonds is 3. The van der Waals surface area contributed by atoms with Gasteiger partial charge in [0.15, 0.2) is 0 Å². The largest absolute Gasteiger partial charge is 0.369 e. The lowest BCUT2D eigenvalue weighted by Crippen LogP contribution is -2.53. The Morgan fingerprint density at radius 3 is 2.96 bits per heavy atom. The van der Waals surface area contributed by atoms with Gasteiger partial charge in [0, 0.05) is 55.6 Å². The van der Waals surface area contributed by atoms with E-state index in [1.165, 1.54) is 5.69 Å². The van der Waals surface area contributed by atoms with E-state index in [1.54, 1.807) is 0 Å². The molecule has 5 heteroatoms. The Kier molecular flexibility index (Phi) is 3.51. The minimum absolute atomic E-state index is 0.312. The average Bonchev–Trinajstić information content (AvgIpc) is 3.30. The van der Waals surface area contributed by atoms with E-state index >= 15 is 0 Å². The molecule has 1 saturated heterocycles. The topological polar surface area (TPSA) is 52.2 Å². The number of amides is 1. The first-order chi connectivity index (χ1) is 11.1. The highest BCUT2D eigenvalue weighted by molar-refractivity contribution is 5.89. The molecule has 2 atom stereocenters. The first kappa shape index (κ1) is 14.5. The van der Waals surface area contributed by atoms with Gasteiger partial charge >= 0.3 is 0 Å². The van der Waals surface area contributed by atoms with Crippen LogP contribution < -0.4 is 4.90 Å². The fourth-order valence-corrected chi connectivity index (χ4v) is 3.77. The summed E-state index contributed by atoms with van der Waals surface area (Å²) < 4.78 is 0. The fraction of sp³-hybridized carbons (Fsp3) is 0.556. The maximum atomic E-state index is 12.4. The number of nitrogens with one attached hydrogen (secondary N) is 1. The molecule has 2 aliphatic rings. The van der Waals surface area contributed by atoms with Crippen LogP contribution in [-0.2, 0) is 4.79 Å². The zero-order valence-electron chi connectivity index (χ0n) is 13.8. The predicted molar refractivity (Wildman–Crippen MR) is 91.4 cm³/mol. The molecule has 0 spiro atoms. The van der Waals surface area contributed by atoms with E-state index in [2.05, 4.69) is 45.9 Å². The fourth-order valence-electron chi connectivity index (χ4n) is 3.77. The molecule has 1 saturated carbocycles. The third-order valence-electron chi connectivity index (χ3n) is 5.47. The van der Waals surface area contributed by atoms with Crippen molar-refractivity contribution in [3.8, 4) is 0 Å². The van der Waals surface area contributed by atoms with Crippen LogP contribution in [-0.4, -0.2) is 47.0 Å². The number of nitrogens with zero attached hydrogens (tertiary/aromatic N) is 3. The number of hydrogen-bond donors (Lipinski definition) is 1. The van der Waals surface area contributed by atoms with Crippen molar-refractivity contribution in [2.45, 2.75) is 32.2 Å². The minimum Gasteiger partial charge on any atom is -0.369 e. The monoisotopic (exact) mass is 312 g/mol. The standard InChI is InChI=1S/C18H24N4O/c1-12-7-10-22(18(23)13-3-4-13)11-16(12)21(2)15-6-9-20-17-14(15)5-8-19-17/h5-6,8-9,12-13,16H,3-4,7,10-11H2,1-2H3,(H,19,20)/t12-,16?/m1/s1. The molecule has 5 nitrogen and oxygen atoms in total. The van der Waals surface area contributed by atoms with Gasteiger partial charge in [-0.3, -0.25) is 4.79 Å². The number of likely N-dealkylation sites (N-methyl/N-ethyl adjacent to an activating group) is 1. The highest BCUT2D eigenvalue weighted by atomic mass is 16.2. The summed E-state index contributed by atoms with van der Waals surface area (Å²) in [6, 6.07) is 4.51. The summed E-state index contributed by atoms with van der Waals surface area (Å²) in [4.78, 5) is 24.4. The van der Waals surface area contributed by atoms with E-state index in [9.17, 15) is 4.79 Å².